The Morgan fingerprint density at radius 2 is 1.93 bits per heavy atom. The molecule has 2 aromatic heterocycles. The number of carbonyl (C=O) groups excluding carboxylic acids is 1. The Kier molecular flexibility index (Phi) is 4.79. The summed E-state index contributed by atoms with van der Waals surface area (Å²) in [6, 6.07) is 20.5. The third-order valence-electron chi connectivity index (χ3n) is 4.06. The number of aromatic nitrogens is 4. The number of tetrazole rings is 1. The summed E-state index contributed by atoms with van der Waals surface area (Å²) in [7, 11) is 0. The van der Waals surface area contributed by atoms with Gasteiger partial charge in [0.1, 0.15) is 11.5 Å². The van der Waals surface area contributed by atoms with Crippen LogP contribution in [0.25, 0.3) is 23.2 Å². The maximum absolute atomic E-state index is 13.1. The molecule has 2 aromatic carbocycles. The molecule has 0 aliphatic heterocycles. The Bertz CT molecular complexity index is 1110. The van der Waals surface area contributed by atoms with Crippen molar-refractivity contribution in [2.24, 2.45) is 0 Å². The van der Waals surface area contributed by atoms with Gasteiger partial charge < -0.3 is 9.73 Å². The van der Waals surface area contributed by atoms with Gasteiger partial charge in [-0.2, -0.15) is 4.68 Å². The fourth-order valence-electron chi connectivity index (χ4n) is 2.77. The van der Waals surface area contributed by atoms with Gasteiger partial charge in [-0.15, -0.1) is 5.10 Å². The smallest absolute Gasteiger partial charge is 0.274 e. The Hall–Kier alpha value is -4.00. The summed E-state index contributed by atoms with van der Waals surface area (Å²) in [5.74, 6) is 0.619. The van der Waals surface area contributed by atoms with Gasteiger partial charge in [0.2, 0.25) is 0 Å². The summed E-state index contributed by atoms with van der Waals surface area (Å²) in [5.41, 5.74) is 2.76. The van der Waals surface area contributed by atoms with Gasteiger partial charge in [-0.3, -0.25) is 4.79 Å². The highest BCUT2D eigenvalue weighted by atomic mass is 16.3. The number of anilines is 1. The van der Waals surface area contributed by atoms with Crippen LogP contribution in [0, 0.1) is 6.92 Å². The van der Waals surface area contributed by atoms with Gasteiger partial charge in [-0.1, -0.05) is 42.5 Å². The largest absolute Gasteiger partial charge is 0.465 e. The zero-order valence-corrected chi connectivity index (χ0v) is 15.1. The van der Waals surface area contributed by atoms with Crippen molar-refractivity contribution in [3.63, 3.8) is 0 Å². The third-order valence-corrected chi connectivity index (χ3v) is 4.06. The van der Waals surface area contributed by atoms with Crippen molar-refractivity contribution in [2.75, 3.05) is 5.32 Å². The van der Waals surface area contributed by atoms with Crippen LogP contribution in [0.2, 0.25) is 0 Å². The van der Waals surface area contributed by atoms with Gasteiger partial charge in [0, 0.05) is 17.3 Å². The molecule has 0 fully saturated rings. The molecule has 0 aliphatic carbocycles. The van der Waals surface area contributed by atoms with E-state index in [1.165, 1.54) is 4.68 Å². The third kappa shape index (κ3) is 3.73. The molecule has 0 radical (unpaired) electrons. The standard InChI is InChI=1S/C21H17N5O2/c1-15-7-5-10-17(13-15)22-21(27)19(14-18-11-6-12-28-18)26-20(23-24-25-26)16-8-3-2-4-9-16/h2-14H,1H3,(H,22,27)/b19-14-. The molecule has 138 valence electrons. The molecule has 4 rings (SSSR count). The van der Waals surface area contributed by atoms with Gasteiger partial charge >= 0.3 is 0 Å². The van der Waals surface area contributed by atoms with Crippen LogP contribution in [0.15, 0.2) is 77.4 Å². The van der Waals surface area contributed by atoms with E-state index in [1.807, 2.05) is 61.5 Å². The average Bonchev–Trinajstić information content (AvgIpc) is 3.38. The Labute approximate surface area is 161 Å². The van der Waals surface area contributed by atoms with Crippen LogP contribution in [0.5, 0.6) is 0 Å². The van der Waals surface area contributed by atoms with Crippen LogP contribution >= 0.6 is 0 Å². The molecule has 0 aliphatic rings. The van der Waals surface area contributed by atoms with E-state index in [-0.39, 0.29) is 11.6 Å². The first-order chi connectivity index (χ1) is 13.7. The zero-order valence-electron chi connectivity index (χ0n) is 15.1. The minimum atomic E-state index is -0.355. The monoisotopic (exact) mass is 371 g/mol. The summed E-state index contributed by atoms with van der Waals surface area (Å²) in [4.78, 5) is 13.1. The van der Waals surface area contributed by atoms with E-state index in [0.717, 1.165) is 11.1 Å². The number of nitrogens with one attached hydrogen (secondary N) is 1. The van der Waals surface area contributed by atoms with Crippen molar-refractivity contribution in [3.8, 4) is 11.4 Å². The maximum atomic E-state index is 13.1. The Balaban J connectivity index is 1.76. The molecule has 0 saturated heterocycles. The molecular formula is C21H17N5O2. The molecule has 2 heterocycles. The number of aryl methyl sites for hydroxylation is 1. The topological polar surface area (TPSA) is 85.8 Å². The second-order valence-corrected chi connectivity index (χ2v) is 6.15. The van der Waals surface area contributed by atoms with Crippen LogP contribution in [0.3, 0.4) is 0 Å². The van der Waals surface area contributed by atoms with Crippen molar-refractivity contribution in [1.29, 1.82) is 0 Å². The van der Waals surface area contributed by atoms with Crippen LogP contribution in [0.4, 0.5) is 5.69 Å². The quantitative estimate of drug-likeness (QED) is 0.538. The predicted octanol–water partition coefficient (Wildman–Crippen LogP) is 3.88. The van der Waals surface area contributed by atoms with E-state index < -0.39 is 0 Å². The van der Waals surface area contributed by atoms with Gasteiger partial charge in [0.15, 0.2) is 5.82 Å². The van der Waals surface area contributed by atoms with Crippen molar-refractivity contribution in [2.45, 2.75) is 6.92 Å². The molecule has 0 saturated carbocycles. The Morgan fingerprint density at radius 1 is 1.07 bits per heavy atom. The summed E-state index contributed by atoms with van der Waals surface area (Å²) in [5, 5.41) is 14.8. The molecule has 1 amide bonds. The van der Waals surface area contributed by atoms with Crippen molar-refractivity contribution < 1.29 is 9.21 Å². The number of furan rings is 1. The number of amides is 1. The van der Waals surface area contributed by atoms with Crippen molar-refractivity contribution >= 4 is 23.4 Å². The van der Waals surface area contributed by atoms with E-state index in [2.05, 4.69) is 20.8 Å². The predicted molar refractivity (Wildman–Crippen MR) is 106 cm³/mol. The molecule has 7 nitrogen and oxygen atoms in total. The van der Waals surface area contributed by atoms with E-state index in [4.69, 9.17) is 4.42 Å². The molecule has 28 heavy (non-hydrogen) atoms. The van der Waals surface area contributed by atoms with Gasteiger partial charge in [-0.05, 0) is 47.2 Å². The molecule has 0 bridgehead atoms. The first-order valence-corrected chi connectivity index (χ1v) is 8.68. The Morgan fingerprint density at radius 3 is 2.68 bits per heavy atom. The number of rotatable bonds is 5. The number of benzene rings is 2. The number of nitrogens with zero attached hydrogens (tertiary/aromatic N) is 4. The maximum Gasteiger partial charge on any atom is 0.274 e. The van der Waals surface area contributed by atoms with Gasteiger partial charge in [0.25, 0.3) is 5.91 Å². The molecule has 0 spiro atoms. The summed E-state index contributed by atoms with van der Waals surface area (Å²) in [6.45, 7) is 1.96. The minimum absolute atomic E-state index is 0.236. The second kappa shape index (κ2) is 7.71. The number of hydrogen-bond donors (Lipinski definition) is 1. The lowest BCUT2D eigenvalue weighted by molar-refractivity contribution is -0.111. The normalized spacial score (nSPS) is 11.4. The highest BCUT2D eigenvalue weighted by Gasteiger charge is 2.20. The highest BCUT2D eigenvalue weighted by molar-refractivity contribution is 6.24. The average molecular weight is 371 g/mol. The summed E-state index contributed by atoms with van der Waals surface area (Å²) in [6.07, 6.45) is 3.15. The van der Waals surface area contributed by atoms with Crippen LogP contribution in [0.1, 0.15) is 11.3 Å². The molecule has 0 atom stereocenters. The second-order valence-electron chi connectivity index (χ2n) is 6.15. The SMILES string of the molecule is Cc1cccc(NC(=O)/C(=C/c2ccco2)n2nnnc2-c2ccccc2)c1. The van der Waals surface area contributed by atoms with E-state index in [0.29, 0.717) is 17.3 Å². The first kappa shape index (κ1) is 17.4. The zero-order chi connectivity index (χ0) is 19.3. The van der Waals surface area contributed by atoms with Crippen molar-refractivity contribution in [3.05, 3.63) is 84.3 Å². The van der Waals surface area contributed by atoms with E-state index >= 15 is 0 Å². The van der Waals surface area contributed by atoms with Crippen LogP contribution in [-0.2, 0) is 4.79 Å². The first-order valence-electron chi connectivity index (χ1n) is 8.68. The lowest BCUT2D eigenvalue weighted by atomic mass is 10.2. The number of hydrogen-bond acceptors (Lipinski definition) is 5. The lowest BCUT2D eigenvalue weighted by Crippen LogP contribution is -2.19. The van der Waals surface area contributed by atoms with Gasteiger partial charge in [0.05, 0.1) is 6.26 Å². The van der Waals surface area contributed by atoms with E-state index in [9.17, 15) is 4.79 Å². The molecule has 4 aromatic rings. The molecule has 0 unspecified atom stereocenters. The number of carbonyl (C=O) groups is 1. The lowest BCUT2D eigenvalue weighted by Gasteiger charge is -2.11. The van der Waals surface area contributed by atoms with E-state index in [1.54, 1.807) is 24.5 Å². The summed E-state index contributed by atoms with van der Waals surface area (Å²) < 4.78 is 6.79. The summed E-state index contributed by atoms with van der Waals surface area (Å²) >= 11 is 0. The minimum Gasteiger partial charge on any atom is -0.465 e. The van der Waals surface area contributed by atoms with Crippen LogP contribution in [-0.4, -0.2) is 26.1 Å². The van der Waals surface area contributed by atoms with Crippen molar-refractivity contribution in [1.82, 2.24) is 20.2 Å². The fraction of sp³-hybridized carbons (Fsp3) is 0.0476. The highest BCUT2D eigenvalue weighted by Crippen LogP contribution is 2.22. The molecule has 1 N–H and O–H groups in total. The van der Waals surface area contributed by atoms with Gasteiger partial charge in [-0.25, -0.2) is 0 Å². The molecule has 7 heteroatoms. The fourth-order valence-corrected chi connectivity index (χ4v) is 2.77. The molecular weight excluding hydrogens is 354 g/mol. The van der Waals surface area contributed by atoms with Crippen LogP contribution < -0.4 is 5.32 Å².